The number of amides is 2. The van der Waals surface area contributed by atoms with Crippen molar-refractivity contribution in [1.29, 1.82) is 0 Å². The molecule has 0 aliphatic rings. The van der Waals surface area contributed by atoms with Crippen LogP contribution in [0.4, 0.5) is 0 Å². The second-order valence-electron chi connectivity index (χ2n) is 9.44. The fraction of sp³-hybridized carbons (Fsp3) is 0.125. The average molecular weight is 627 g/mol. The number of pyridine rings is 2. The zero-order valence-electron chi connectivity index (χ0n) is 22.4. The summed E-state index contributed by atoms with van der Waals surface area (Å²) in [6.07, 6.45) is 4.92. The Labute approximate surface area is 259 Å². The standard InChI is InChI=1S/C32H26N4O2S4/c37-31(33-13-11-25-7-3-15-39-25)23-17-21-5-1-9-27(29(21)35-19-23)41-42-28-10-2-6-22-18-24(20-36-30(22)28)32(38)34-14-12-26-8-4-16-40-26/h1-10,15-20H,11-14H2,(H,33,37)(H,34,38). The highest BCUT2D eigenvalue weighted by Crippen LogP contribution is 2.42. The maximum absolute atomic E-state index is 12.7. The van der Waals surface area contributed by atoms with Gasteiger partial charge in [-0.25, -0.2) is 0 Å². The molecule has 2 N–H and O–H groups in total. The lowest BCUT2D eigenvalue weighted by atomic mass is 10.1. The van der Waals surface area contributed by atoms with Crippen LogP contribution in [0.15, 0.2) is 106 Å². The van der Waals surface area contributed by atoms with E-state index < -0.39 is 0 Å². The van der Waals surface area contributed by atoms with Crippen LogP contribution in [0.2, 0.25) is 0 Å². The van der Waals surface area contributed by atoms with Crippen LogP contribution in [0.1, 0.15) is 30.5 Å². The minimum atomic E-state index is -0.120. The SMILES string of the molecule is O=C(NCCc1cccs1)c1cnc2c(SSc3cccc4cc(C(=O)NCCc5cccs5)cnc34)cccc2c1. The summed E-state index contributed by atoms with van der Waals surface area (Å²) in [7, 11) is 3.20. The second-order valence-corrected chi connectivity index (χ2v) is 13.7. The Morgan fingerprint density at radius 2 is 1.12 bits per heavy atom. The average Bonchev–Trinajstić information content (AvgIpc) is 3.74. The lowest BCUT2D eigenvalue weighted by Crippen LogP contribution is -2.25. The first-order valence-corrected chi connectivity index (χ1v) is 17.3. The topological polar surface area (TPSA) is 84.0 Å². The molecular weight excluding hydrogens is 601 g/mol. The molecule has 0 fully saturated rings. The van der Waals surface area contributed by atoms with E-state index in [-0.39, 0.29) is 11.8 Å². The van der Waals surface area contributed by atoms with Crippen molar-refractivity contribution in [2.24, 2.45) is 0 Å². The van der Waals surface area contributed by atoms with Gasteiger partial charge in [-0.3, -0.25) is 19.6 Å². The third-order valence-corrected chi connectivity index (χ3v) is 10.9. The van der Waals surface area contributed by atoms with Gasteiger partial charge in [0.15, 0.2) is 0 Å². The fourth-order valence-electron chi connectivity index (χ4n) is 4.45. The summed E-state index contributed by atoms with van der Waals surface area (Å²) in [4.78, 5) is 39.2. The number of nitrogens with one attached hydrogen (secondary N) is 2. The lowest BCUT2D eigenvalue weighted by Gasteiger charge is -2.10. The molecule has 4 aromatic heterocycles. The van der Waals surface area contributed by atoms with E-state index in [0.717, 1.165) is 44.4 Å². The number of hydrogen-bond donors (Lipinski definition) is 2. The monoisotopic (exact) mass is 626 g/mol. The number of fused-ring (bicyclic) bond motifs is 2. The molecule has 210 valence electrons. The van der Waals surface area contributed by atoms with E-state index >= 15 is 0 Å². The Morgan fingerprint density at radius 1 is 0.643 bits per heavy atom. The first-order valence-electron chi connectivity index (χ1n) is 13.4. The summed E-state index contributed by atoms with van der Waals surface area (Å²) in [5.41, 5.74) is 2.79. The molecule has 2 aromatic carbocycles. The molecule has 4 heterocycles. The molecule has 0 saturated carbocycles. The molecule has 0 saturated heterocycles. The predicted molar refractivity (Wildman–Crippen MR) is 176 cm³/mol. The van der Waals surface area contributed by atoms with Crippen molar-refractivity contribution in [1.82, 2.24) is 20.6 Å². The van der Waals surface area contributed by atoms with Gasteiger partial charge < -0.3 is 10.6 Å². The molecule has 0 bridgehead atoms. The number of carbonyl (C=O) groups excluding carboxylic acids is 2. The van der Waals surface area contributed by atoms with Crippen LogP contribution in [0, 0.1) is 0 Å². The molecule has 0 aliphatic heterocycles. The molecule has 0 unspecified atom stereocenters. The van der Waals surface area contributed by atoms with Crippen molar-refractivity contribution in [3.63, 3.8) is 0 Å². The van der Waals surface area contributed by atoms with Crippen LogP contribution in [0.5, 0.6) is 0 Å². The largest absolute Gasteiger partial charge is 0.352 e. The van der Waals surface area contributed by atoms with Gasteiger partial charge in [0.2, 0.25) is 0 Å². The maximum Gasteiger partial charge on any atom is 0.252 e. The molecule has 2 amide bonds. The molecule has 6 aromatic rings. The summed E-state index contributed by atoms with van der Waals surface area (Å²) >= 11 is 3.39. The van der Waals surface area contributed by atoms with Gasteiger partial charge in [-0.05, 0) is 60.0 Å². The molecule has 10 heteroatoms. The number of benzene rings is 2. The number of hydrogen-bond acceptors (Lipinski definition) is 8. The van der Waals surface area contributed by atoms with Gasteiger partial charge in [0.05, 0.1) is 22.2 Å². The van der Waals surface area contributed by atoms with E-state index in [0.29, 0.717) is 24.2 Å². The van der Waals surface area contributed by atoms with E-state index in [1.54, 1.807) is 56.7 Å². The number of para-hydroxylation sites is 2. The number of rotatable bonds is 11. The normalized spacial score (nSPS) is 11.1. The zero-order valence-corrected chi connectivity index (χ0v) is 25.7. The highest BCUT2D eigenvalue weighted by molar-refractivity contribution is 8.76. The third-order valence-electron chi connectivity index (χ3n) is 6.57. The van der Waals surface area contributed by atoms with Gasteiger partial charge in [-0.1, -0.05) is 58.0 Å². The zero-order chi connectivity index (χ0) is 28.7. The van der Waals surface area contributed by atoms with Crippen molar-refractivity contribution in [3.05, 3.63) is 117 Å². The van der Waals surface area contributed by atoms with Crippen molar-refractivity contribution in [2.75, 3.05) is 13.1 Å². The Bertz CT molecular complexity index is 1700. The minimum Gasteiger partial charge on any atom is -0.352 e. The molecule has 0 aliphatic carbocycles. The van der Waals surface area contributed by atoms with E-state index in [9.17, 15) is 9.59 Å². The molecule has 6 rings (SSSR count). The summed E-state index contributed by atoms with van der Waals surface area (Å²) in [5.74, 6) is -0.239. The Balaban J connectivity index is 1.11. The summed E-state index contributed by atoms with van der Waals surface area (Å²) in [6, 6.07) is 24.0. The van der Waals surface area contributed by atoms with Crippen LogP contribution < -0.4 is 10.6 Å². The van der Waals surface area contributed by atoms with Crippen molar-refractivity contribution in [2.45, 2.75) is 22.6 Å². The van der Waals surface area contributed by atoms with Crippen LogP contribution in [0.3, 0.4) is 0 Å². The number of nitrogens with zero attached hydrogens (tertiary/aromatic N) is 2. The van der Waals surface area contributed by atoms with E-state index in [1.165, 1.54) is 9.75 Å². The first-order chi connectivity index (χ1) is 20.6. The van der Waals surface area contributed by atoms with Crippen LogP contribution in [0.25, 0.3) is 21.8 Å². The lowest BCUT2D eigenvalue weighted by molar-refractivity contribution is 0.0945. The number of aromatic nitrogens is 2. The highest BCUT2D eigenvalue weighted by atomic mass is 33.1. The van der Waals surface area contributed by atoms with Crippen LogP contribution >= 0.6 is 44.3 Å². The molecule has 0 radical (unpaired) electrons. The van der Waals surface area contributed by atoms with Crippen molar-refractivity contribution in [3.8, 4) is 0 Å². The smallest absolute Gasteiger partial charge is 0.252 e. The molecule has 0 spiro atoms. The maximum atomic E-state index is 12.7. The van der Waals surface area contributed by atoms with Gasteiger partial charge in [0.25, 0.3) is 11.8 Å². The molecular formula is C32H26N4O2S4. The number of carbonyl (C=O) groups is 2. The first kappa shape index (κ1) is 28.4. The van der Waals surface area contributed by atoms with Crippen LogP contribution in [-0.2, 0) is 12.8 Å². The quantitative estimate of drug-likeness (QED) is 0.144. The molecule has 6 nitrogen and oxygen atoms in total. The Kier molecular flexibility index (Phi) is 9.15. The predicted octanol–water partition coefficient (Wildman–Crippen LogP) is 7.65. The molecule has 0 atom stereocenters. The Morgan fingerprint density at radius 3 is 1.55 bits per heavy atom. The van der Waals surface area contributed by atoms with E-state index in [2.05, 4.69) is 32.7 Å². The molecule has 42 heavy (non-hydrogen) atoms. The highest BCUT2D eigenvalue weighted by Gasteiger charge is 2.13. The van der Waals surface area contributed by atoms with Gasteiger partial charge in [0.1, 0.15) is 0 Å². The van der Waals surface area contributed by atoms with Gasteiger partial charge in [-0.15, -0.1) is 22.7 Å². The summed E-state index contributed by atoms with van der Waals surface area (Å²) in [5, 5.41) is 11.9. The fourth-order valence-corrected chi connectivity index (χ4v) is 8.16. The summed E-state index contributed by atoms with van der Waals surface area (Å²) < 4.78 is 0. The van der Waals surface area contributed by atoms with Crippen LogP contribution in [-0.4, -0.2) is 34.9 Å². The second kappa shape index (κ2) is 13.5. The van der Waals surface area contributed by atoms with Gasteiger partial charge in [0, 0.05) is 55.8 Å². The van der Waals surface area contributed by atoms with Gasteiger partial charge >= 0.3 is 0 Å². The van der Waals surface area contributed by atoms with Crippen molar-refractivity contribution >= 4 is 77.9 Å². The summed E-state index contributed by atoms with van der Waals surface area (Å²) in [6.45, 7) is 1.18. The number of thiophene rings is 2. The van der Waals surface area contributed by atoms with E-state index in [4.69, 9.17) is 0 Å². The third kappa shape index (κ3) is 6.84. The minimum absolute atomic E-state index is 0.120. The van der Waals surface area contributed by atoms with E-state index in [1.807, 2.05) is 71.4 Å². The van der Waals surface area contributed by atoms with Crippen molar-refractivity contribution < 1.29 is 9.59 Å². The Hall–Kier alpha value is -3.70. The van der Waals surface area contributed by atoms with Gasteiger partial charge in [-0.2, -0.15) is 0 Å².